The Labute approximate surface area is 162 Å². The molecule has 1 aromatic carbocycles. The Hall–Kier alpha value is -2.56. The molecule has 5 nitrogen and oxygen atoms in total. The molecule has 0 bridgehead atoms. The minimum Gasteiger partial charge on any atom is -0.497 e. The maximum Gasteiger partial charge on any atom is 0.222 e. The number of aromatic nitrogens is 1. The first-order valence-electron chi connectivity index (χ1n) is 9.78. The highest BCUT2D eigenvalue weighted by Gasteiger charge is 2.11. The minimum atomic E-state index is 0.211. The number of ether oxygens (including phenoxy) is 1. The number of benzene rings is 1. The van der Waals surface area contributed by atoms with Crippen molar-refractivity contribution in [2.45, 2.75) is 45.6 Å². The van der Waals surface area contributed by atoms with E-state index in [9.17, 15) is 4.79 Å². The van der Waals surface area contributed by atoms with Gasteiger partial charge in [-0.25, -0.2) is 4.98 Å². The molecule has 0 radical (unpaired) electrons. The van der Waals surface area contributed by atoms with Gasteiger partial charge in [-0.3, -0.25) is 4.79 Å². The molecule has 0 saturated heterocycles. The number of pyridine rings is 1. The average Bonchev–Trinajstić information content (AvgIpc) is 2.72. The van der Waals surface area contributed by atoms with E-state index in [0.717, 1.165) is 55.9 Å². The van der Waals surface area contributed by atoms with Crippen molar-refractivity contribution >= 4 is 11.7 Å². The molecule has 0 saturated carbocycles. The molecule has 146 valence electrons. The van der Waals surface area contributed by atoms with Crippen molar-refractivity contribution in [3.8, 4) is 5.75 Å². The molecule has 5 heteroatoms. The van der Waals surface area contributed by atoms with E-state index in [4.69, 9.17) is 4.74 Å². The Morgan fingerprint density at radius 3 is 2.52 bits per heavy atom. The number of nitrogens with zero attached hydrogens (tertiary/aromatic N) is 2. The largest absolute Gasteiger partial charge is 0.497 e. The summed E-state index contributed by atoms with van der Waals surface area (Å²) in [6.45, 7) is 4.33. The third-order valence-corrected chi connectivity index (χ3v) is 4.51. The number of carbonyl (C=O) groups excluding carboxylic acids is 1. The molecular weight excluding hydrogens is 338 g/mol. The van der Waals surface area contributed by atoms with E-state index in [2.05, 4.69) is 10.3 Å². The van der Waals surface area contributed by atoms with E-state index in [1.807, 2.05) is 54.3 Å². The van der Waals surface area contributed by atoms with E-state index >= 15 is 0 Å². The van der Waals surface area contributed by atoms with Crippen LogP contribution >= 0.6 is 0 Å². The topological polar surface area (TPSA) is 54.5 Å². The van der Waals surface area contributed by atoms with Crippen LogP contribution < -0.4 is 10.1 Å². The average molecular weight is 370 g/mol. The van der Waals surface area contributed by atoms with Gasteiger partial charge in [0.15, 0.2) is 0 Å². The quantitative estimate of drug-likeness (QED) is 0.560. The lowest BCUT2D eigenvalue weighted by Gasteiger charge is -2.22. The lowest BCUT2D eigenvalue weighted by molar-refractivity contribution is -0.131. The molecule has 0 aliphatic carbocycles. The molecule has 1 amide bonds. The highest BCUT2D eigenvalue weighted by molar-refractivity contribution is 5.75. The molecule has 1 aromatic heterocycles. The standard InChI is InChI=1S/C22H31N3O2/c1-3-22(26)25(18-19-11-13-20(27-2)14-12-19)17-9-5-4-7-15-23-21-10-6-8-16-24-21/h6,8,10-14,16H,3-5,7,9,15,17-18H2,1-2H3,(H,23,24). The molecule has 2 aromatic rings. The molecule has 1 N–H and O–H groups in total. The normalized spacial score (nSPS) is 10.4. The van der Waals surface area contributed by atoms with Gasteiger partial charge in [-0.1, -0.05) is 38.0 Å². The lowest BCUT2D eigenvalue weighted by atomic mass is 10.1. The van der Waals surface area contributed by atoms with Crippen LogP contribution in [0.4, 0.5) is 5.82 Å². The molecule has 0 aliphatic heterocycles. The van der Waals surface area contributed by atoms with Crippen molar-refractivity contribution in [1.82, 2.24) is 9.88 Å². The first-order chi connectivity index (χ1) is 13.2. The zero-order valence-electron chi connectivity index (χ0n) is 16.5. The zero-order chi connectivity index (χ0) is 19.3. The number of rotatable bonds is 12. The van der Waals surface area contributed by atoms with Gasteiger partial charge in [0.2, 0.25) is 5.91 Å². The maximum absolute atomic E-state index is 12.2. The summed E-state index contributed by atoms with van der Waals surface area (Å²) in [5.41, 5.74) is 1.14. The van der Waals surface area contributed by atoms with Crippen molar-refractivity contribution in [2.24, 2.45) is 0 Å². The first-order valence-corrected chi connectivity index (χ1v) is 9.78. The molecular formula is C22H31N3O2. The molecule has 0 atom stereocenters. The van der Waals surface area contributed by atoms with Gasteiger partial charge in [-0.05, 0) is 42.7 Å². The molecule has 0 spiro atoms. The van der Waals surface area contributed by atoms with Crippen molar-refractivity contribution in [3.05, 3.63) is 54.2 Å². The van der Waals surface area contributed by atoms with Gasteiger partial charge in [-0.2, -0.15) is 0 Å². The van der Waals surface area contributed by atoms with Crippen LogP contribution in [0.5, 0.6) is 5.75 Å². The fourth-order valence-electron chi connectivity index (χ4n) is 2.93. The molecule has 0 fully saturated rings. The van der Waals surface area contributed by atoms with Gasteiger partial charge in [0.25, 0.3) is 0 Å². The predicted octanol–water partition coefficient (Wildman–Crippen LogP) is 4.50. The number of anilines is 1. The van der Waals surface area contributed by atoms with E-state index in [1.54, 1.807) is 13.3 Å². The Kier molecular flexibility index (Phi) is 9.18. The Morgan fingerprint density at radius 2 is 1.85 bits per heavy atom. The van der Waals surface area contributed by atoms with Crippen LogP contribution in [0.1, 0.15) is 44.6 Å². The van der Waals surface area contributed by atoms with Crippen molar-refractivity contribution in [2.75, 3.05) is 25.5 Å². The number of hydrogen-bond donors (Lipinski definition) is 1. The third kappa shape index (κ3) is 7.69. The van der Waals surface area contributed by atoms with Gasteiger partial charge < -0.3 is 15.0 Å². The number of amides is 1. The lowest BCUT2D eigenvalue weighted by Crippen LogP contribution is -2.30. The van der Waals surface area contributed by atoms with E-state index in [0.29, 0.717) is 13.0 Å². The summed E-state index contributed by atoms with van der Waals surface area (Å²) >= 11 is 0. The molecule has 0 aliphatic rings. The van der Waals surface area contributed by atoms with Gasteiger partial charge in [-0.15, -0.1) is 0 Å². The fourth-order valence-corrected chi connectivity index (χ4v) is 2.93. The van der Waals surface area contributed by atoms with E-state index < -0.39 is 0 Å². The van der Waals surface area contributed by atoms with Crippen LogP contribution in [-0.2, 0) is 11.3 Å². The summed E-state index contributed by atoms with van der Waals surface area (Å²) in [7, 11) is 1.66. The van der Waals surface area contributed by atoms with E-state index in [-0.39, 0.29) is 5.91 Å². The van der Waals surface area contributed by atoms with Crippen molar-refractivity contribution in [1.29, 1.82) is 0 Å². The third-order valence-electron chi connectivity index (χ3n) is 4.51. The Balaban J connectivity index is 1.67. The second-order valence-electron chi connectivity index (χ2n) is 6.57. The second kappa shape index (κ2) is 11.9. The molecule has 0 unspecified atom stereocenters. The van der Waals surface area contributed by atoms with Crippen LogP contribution in [0.15, 0.2) is 48.7 Å². The highest BCUT2D eigenvalue weighted by atomic mass is 16.5. The summed E-state index contributed by atoms with van der Waals surface area (Å²) in [6.07, 6.45) is 6.76. The summed E-state index contributed by atoms with van der Waals surface area (Å²) in [6, 6.07) is 13.8. The molecule has 2 rings (SSSR count). The van der Waals surface area contributed by atoms with Crippen molar-refractivity contribution < 1.29 is 9.53 Å². The van der Waals surface area contributed by atoms with Gasteiger partial charge >= 0.3 is 0 Å². The summed E-state index contributed by atoms with van der Waals surface area (Å²) in [5.74, 6) is 1.98. The molecule has 27 heavy (non-hydrogen) atoms. The van der Waals surface area contributed by atoms with Gasteiger partial charge in [0.05, 0.1) is 7.11 Å². The van der Waals surface area contributed by atoms with Gasteiger partial charge in [0.1, 0.15) is 11.6 Å². The highest BCUT2D eigenvalue weighted by Crippen LogP contribution is 2.14. The monoisotopic (exact) mass is 369 g/mol. The Bertz CT molecular complexity index is 659. The zero-order valence-corrected chi connectivity index (χ0v) is 16.5. The van der Waals surface area contributed by atoms with Crippen molar-refractivity contribution in [3.63, 3.8) is 0 Å². The summed E-state index contributed by atoms with van der Waals surface area (Å²) in [5, 5.41) is 3.33. The second-order valence-corrected chi connectivity index (χ2v) is 6.57. The number of hydrogen-bond acceptors (Lipinski definition) is 4. The summed E-state index contributed by atoms with van der Waals surface area (Å²) in [4.78, 5) is 18.5. The number of unbranched alkanes of at least 4 members (excludes halogenated alkanes) is 3. The van der Waals surface area contributed by atoms with Crippen LogP contribution in [0.2, 0.25) is 0 Å². The van der Waals surface area contributed by atoms with Gasteiger partial charge in [0, 0.05) is 32.3 Å². The number of nitrogens with one attached hydrogen (secondary N) is 1. The van der Waals surface area contributed by atoms with Crippen LogP contribution in [0.3, 0.4) is 0 Å². The molecule has 1 heterocycles. The van der Waals surface area contributed by atoms with Crippen LogP contribution in [0, 0.1) is 0 Å². The fraction of sp³-hybridized carbons (Fsp3) is 0.455. The smallest absolute Gasteiger partial charge is 0.222 e. The minimum absolute atomic E-state index is 0.211. The number of carbonyl (C=O) groups is 1. The summed E-state index contributed by atoms with van der Waals surface area (Å²) < 4.78 is 5.19. The van der Waals surface area contributed by atoms with Crippen LogP contribution in [-0.4, -0.2) is 36.0 Å². The first kappa shape index (κ1) is 20.7. The Morgan fingerprint density at radius 1 is 1.07 bits per heavy atom. The maximum atomic E-state index is 12.2. The van der Waals surface area contributed by atoms with E-state index in [1.165, 1.54) is 0 Å². The number of methoxy groups -OCH3 is 1. The van der Waals surface area contributed by atoms with Crippen LogP contribution in [0.25, 0.3) is 0 Å². The predicted molar refractivity (Wildman–Crippen MR) is 110 cm³/mol. The SMILES string of the molecule is CCC(=O)N(CCCCCCNc1ccccn1)Cc1ccc(OC)cc1.